The van der Waals surface area contributed by atoms with Crippen molar-refractivity contribution in [1.29, 1.82) is 0 Å². The number of carbonyl (C=O) groups excluding carboxylic acids is 1. The lowest BCUT2D eigenvalue weighted by atomic mass is 10.1. The van der Waals surface area contributed by atoms with E-state index in [1.54, 1.807) is 12.3 Å². The number of fused-ring (bicyclic) bond motifs is 1. The van der Waals surface area contributed by atoms with Crippen LogP contribution in [0.25, 0.3) is 0 Å². The van der Waals surface area contributed by atoms with Crippen molar-refractivity contribution >= 4 is 5.91 Å². The molecule has 0 fully saturated rings. The van der Waals surface area contributed by atoms with Crippen molar-refractivity contribution < 1.29 is 4.79 Å². The summed E-state index contributed by atoms with van der Waals surface area (Å²) in [7, 11) is 0. The van der Waals surface area contributed by atoms with Crippen LogP contribution in [-0.4, -0.2) is 41.7 Å². The molecule has 0 saturated heterocycles. The molecule has 0 aliphatic carbocycles. The molecule has 7 heteroatoms. The van der Waals surface area contributed by atoms with Gasteiger partial charge in [0.25, 0.3) is 5.91 Å². The van der Waals surface area contributed by atoms with Crippen LogP contribution in [0.4, 0.5) is 0 Å². The van der Waals surface area contributed by atoms with Gasteiger partial charge in [-0.1, -0.05) is 6.07 Å². The molecule has 1 amide bonds. The maximum absolute atomic E-state index is 12.8. The molecule has 3 aromatic heterocycles. The van der Waals surface area contributed by atoms with Crippen LogP contribution < -0.4 is 0 Å². The third-order valence-corrected chi connectivity index (χ3v) is 4.63. The highest BCUT2D eigenvalue weighted by atomic mass is 16.2. The van der Waals surface area contributed by atoms with E-state index in [9.17, 15) is 4.79 Å². The molecule has 0 aromatic carbocycles. The molecule has 4 rings (SSSR count). The molecule has 128 valence electrons. The maximum atomic E-state index is 12.8. The minimum atomic E-state index is -0.0880. The fraction of sp³-hybridized carbons (Fsp3) is 0.333. The number of pyridine rings is 1. The van der Waals surface area contributed by atoms with Gasteiger partial charge in [-0.2, -0.15) is 5.10 Å². The van der Waals surface area contributed by atoms with Gasteiger partial charge < -0.3 is 9.47 Å². The second-order valence-electron chi connectivity index (χ2n) is 6.30. The Morgan fingerprint density at radius 3 is 2.92 bits per heavy atom. The summed E-state index contributed by atoms with van der Waals surface area (Å²) in [6.07, 6.45) is 5.59. The van der Waals surface area contributed by atoms with Gasteiger partial charge in [-0.3, -0.25) is 9.48 Å². The third kappa shape index (κ3) is 2.82. The van der Waals surface area contributed by atoms with Crippen LogP contribution in [0.15, 0.2) is 42.9 Å². The summed E-state index contributed by atoms with van der Waals surface area (Å²) < 4.78 is 4.07. The fourth-order valence-corrected chi connectivity index (χ4v) is 3.33. The lowest BCUT2D eigenvalue weighted by Crippen LogP contribution is -2.42. The van der Waals surface area contributed by atoms with Gasteiger partial charge >= 0.3 is 0 Å². The molecule has 25 heavy (non-hydrogen) atoms. The summed E-state index contributed by atoms with van der Waals surface area (Å²) >= 11 is 0. The summed E-state index contributed by atoms with van der Waals surface area (Å²) in [5.41, 5.74) is 2.44. The summed E-state index contributed by atoms with van der Waals surface area (Å²) in [6.45, 7) is 5.97. The lowest BCUT2D eigenvalue weighted by molar-refractivity contribution is 0.0629. The summed E-state index contributed by atoms with van der Waals surface area (Å²) in [6, 6.07) is 7.35. The molecule has 0 spiro atoms. The van der Waals surface area contributed by atoms with E-state index in [4.69, 9.17) is 0 Å². The topological polar surface area (TPSA) is 68.8 Å². The molecule has 0 N–H and O–H groups in total. The van der Waals surface area contributed by atoms with Crippen LogP contribution >= 0.6 is 0 Å². The van der Waals surface area contributed by atoms with Gasteiger partial charge in [0.1, 0.15) is 11.5 Å². The first-order valence-corrected chi connectivity index (χ1v) is 8.40. The van der Waals surface area contributed by atoms with Gasteiger partial charge in [-0.05, 0) is 32.0 Å². The van der Waals surface area contributed by atoms with Crippen molar-refractivity contribution in [3.63, 3.8) is 0 Å². The highest BCUT2D eigenvalue weighted by molar-refractivity contribution is 5.92. The first kappa shape index (κ1) is 15.6. The van der Waals surface area contributed by atoms with E-state index >= 15 is 0 Å². The summed E-state index contributed by atoms with van der Waals surface area (Å²) in [4.78, 5) is 23.6. The van der Waals surface area contributed by atoms with Crippen molar-refractivity contribution in [3.8, 4) is 0 Å². The van der Waals surface area contributed by atoms with E-state index in [1.165, 1.54) is 0 Å². The Kier molecular flexibility index (Phi) is 3.83. The zero-order chi connectivity index (χ0) is 17.4. The SMILES string of the molecule is Cc1cccc(C(=O)N2CCn3c(Cn4cccn4)cnc3C2C)n1. The number of hydrogen-bond acceptors (Lipinski definition) is 4. The number of nitrogens with zero attached hydrogens (tertiary/aromatic N) is 6. The second kappa shape index (κ2) is 6.16. The van der Waals surface area contributed by atoms with E-state index in [2.05, 4.69) is 19.6 Å². The third-order valence-electron chi connectivity index (χ3n) is 4.63. The monoisotopic (exact) mass is 336 g/mol. The predicted molar refractivity (Wildman–Crippen MR) is 92.0 cm³/mol. The fourth-order valence-electron chi connectivity index (χ4n) is 3.33. The van der Waals surface area contributed by atoms with E-state index in [0.29, 0.717) is 18.8 Å². The van der Waals surface area contributed by atoms with Gasteiger partial charge in [-0.25, -0.2) is 9.97 Å². The molecule has 3 aromatic rings. The number of carbonyl (C=O) groups is 1. The van der Waals surface area contributed by atoms with Crippen molar-refractivity contribution in [2.45, 2.75) is 33.0 Å². The molecule has 0 radical (unpaired) electrons. The number of hydrogen-bond donors (Lipinski definition) is 0. The van der Waals surface area contributed by atoms with Crippen LogP contribution in [0.3, 0.4) is 0 Å². The van der Waals surface area contributed by atoms with E-state index in [-0.39, 0.29) is 11.9 Å². The smallest absolute Gasteiger partial charge is 0.273 e. The number of rotatable bonds is 3. The number of aromatic nitrogens is 5. The Balaban J connectivity index is 1.58. The standard InChI is InChI=1S/C18H20N6O/c1-13-5-3-6-16(21-13)18(25)23-9-10-24-15(11-19-17(24)14(23)2)12-22-8-4-7-20-22/h3-8,11,14H,9-10,12H2,1-2H3. The molecule has 1 unspecified atom stereocenters. The van der Waals surface area contributed by atoms with Gasteiger partial charge in [0.15, 0.2) is 0 Å². The Morgan fingerprint density at radius 2 is 2.16 bits per heavy atom. The Bertz CT molecular complexity index is 898. The predicted octanol–water partition coefficient (Wildman–Crippen LogP) is 2.05. The first-order chi connectivity index (χ1) is 12.1. The van der Waals surface area contributed by atoms with Crippen molar-refractivity contribution in [1.82, 2.24) is 29.2 Å². The van der Waals surface area contributed by atoms with Crippen LogP contribution in [0.2, 0.25) is 0 Å². The Morgan fingerprint density at radius 1 is 1.28 bits per heavy atom. The zero-order valence-corrected chi connectivity index (χ0v) is 14.3. The van der Waals surface area contributed by atoms with Crippen molar-refractivity contribution in [2.75, 3.05) is 6.54 Å². The molecule has 1 atom stereocenters. The molecular weight excluding hydrogens is 316 g/mol. The zero-order valence-electron chi connectivity index (χ0n) is 14.3. The average molecular weight is 336 g/mol. The normalized spacial score (nSPS) is 16.7. The molecule has 1 aliphatic heterocycles. The second-order valence-corrected chi connectivity index (χ2v) is 6.30. The van der Waals surface area contributed by atoms with Crippen LogP contribution in [0.5, 0.6) is 0 Å². The summed E-state index contributed by atoms with van der Waals surface area (Å²) in [5.74, 6) is 0.869. The molecule has 7 nitrogen and oxygen atoms in total. The van der Waals surface area contributed by atoms with E-state index in [1.807, 2.05) is 54.0 Å². The average Bonchev–Trinajstić information content (AvgIpc) is 3.26. The van der Waals surface area contributed by atoms with Crippen LogP contribution in [-0.2, 0) is 13.1 Å². The molecule has 0 saturated carbocycles. The number of aryl methyl sites for hydroxylation is 1. The highest BCUT2D eigenvalue weighted by Crippen LogP contribution is 2.26. The largest absolute Gasteiger partial charge is 0.327 e. The van der Waals surface area contributed by atoms with Gasteiger partial charge in [0, 0.05) is 31.2 Å². The number of imidazole rings is 1. The Labute approximate surface area is 145 Å². The van der Waals surface area contributed by atoms with Crippen molar-refractivity contribution in [2.24, 2.45) is 0 Å². The minimum Gasteiger partial charge on any atom is -0.327 e. The highest BCUT2D eigenvalue weighted by Gasteiger charge is 2.31. The summed E-state index contributed by atoms with van der Waals surface area (Å²) in [5, 5.41) is 4.25. The first-order valence-electron chi connectivity index (χ1n) is 8.40. The van der Waals surface area contributed by atoms with Crippen molar-refractivity contribution in [3.05, 3.63) is 65.8 Å². The molecule has 4 heterocycles. The lowest BCUT2D eigenvalue weighted by Gasteiger charge is -2.34. The maximum Gasteiger partial charge on any atom is 0.273 e. The van der Waals surface area contributed by atoms with Gasteiger partial charge in [0.2, 0.25) is 0 Å². The van der Waals surface area contributed by atoms with Gasteiger partial charge in [0.05, 0.1) is 24.5 Å². The number of amides is 1. The van der Waals surface area contributed by atoms with Crippen LogP contribution in [0.1, 0.15) is 40.7 Å². The van der Waals surface area contributed by atoms with Gasteiger partial charge in [-0.15, -0.1) is 0 Å². The molecule has 0 bridgehead atoms. The van der Waals surface area contributed by atoms with Crippen LogP contribution in [0, 0.1) is 6.92 Å². The Hall–Kier alpha value is -2.96. The molecule has 1 aliphatic rings. The molecular formula is C18H20N6O. The van der Waals surface area contributed by atoms with E-state index < -0.39 is 0 Å². The van der Waals surface area contributed by atoms with E-state index in [0.717, 1.165) is 23.8 Å². The quantitative estimate of drug-likeness (QED) is 0.734. The minimum absolute atomic E-state index is 0.0425.